The van der Waals surface area contributed by atoms with Crippen molar-refractivity contribution in [1.29, 1.82) is 0 Å². The fourth-order valence-electron chi connectivity index (χ4n) is 0.780. The molecule has 0 saturated carbocycles. The molecule has 1 rings (SSSR count). The molecular weight excluding hydrogens is 197 g/mol. The standard InChI is InChI=1S/C7H6FNO3S/c8-7-3-6(13(9,11)12)2-1-5(7)4-10/h1-4H,(H2,9,11,12). The minimum absolute atomic E-state index is 0.201. The number of primary sulfonamides is 1. The average molecular weight is 203 g/mol. The van der Waals surface area contributed by atoms with E-state index in [-0.39, 0.29) is 10.5 Å². The van der Waals surface area contributed by atoms with E-state index in [0.717, 1.165) is 12.1 Å². The Hall–Kier alpha value is -1.27. The quantitative estimate of drug-likeness (QED) is 0.701. The van der Waals surface area contributed by atoms with Crippen molar-refractivity contribution >= 4 is 16.3 Å². The van der Waals surface area contributed by atoms with Gasteiger partial charge < -0.3 is 0 Å². The Morgan fingerprint density at radius 1 is 1.38 bits per heavy atom. The van der Waals surface area contributed by atoms with E-state index in [9.17, 15) is 17.6 Å². The van der Waals surface area contributed by atoms with E-state index in [1.54, 1.807) is 0 Å². The van der Waals surface area contributed by atoms with E-state index in [4.69, 9.17) is 5.14 Å². The van der Waals surface area contributed by atoms with Gasteiger partial charge in [0.25, 0.3) is 0 Å². The zero-order chi connectivity index (χ0) is 10.1. The van der Waals surface area contributed by atoms with Crippen LogP contribution in [0.25, 0.3) is 0 Å². The van der Waals surface area contributed by atoms with Gasteiger partial charge in [0, 0.05) is 0 Å². The van der Waals surface area contributed by atoms with Crippen molar-refractivity contribution in [1.82, 2.24) is 0 Å². The summed E-state index contributed by atoms with van der Waals surface area (Å²) in [5.41, 5.74) is -0.201. The lowest BCUT2D eigenvalue weighted by atomic mass is 10.2. The topological polar surface area (TPSA) is 77.2 Å². The van der Waals surface area contributed by atoms with Crippen molar-refractivity contribution in [3.8, 4) is 0 Å². The van der Waals surface area contributed by atoms with Crippen LogP contribution in [0.5, 0.6) is 0 Å². The maximum absolute atomic E-state index is 12.8. The summed E-state index contributed by atoms with van der Waals surface area (Å²) < 4.78 is 34.2. The number of hydrogen-bond acceptors (Lipinski definition) is 3. The number of sulfonamides is 1. The van der Waals surface area contributed by atoms with Crippen molar-refractivity contribution in [3.05, 3.63) is 29.6 Å². The maximum atomic E-state index is 12.8. The first-order valence-electron chi connectivity index (χ1n) is 3.22. The van der Waals surface area contributed by atoms with Crippen LogP contribution in [0, 0.1) is 5.82 Å². The van der Waals surface area contributed by atoms with Gasteiger partial charge in [-0.2, -0.15) is 0 Å². The van der Waals surface area contributed by atoms with Crippen molar-refractivity contribution in [3.63, 3.8) is 0 Å². The minimum atomic E-state index is -3.91. The second-order valence-corrected chi connectivity index (χ2v) is 3.91. The molecule has 13 heavy (non-hydrogen) atoms. The molecule has 0 bridgehead atoms. The lowest BCUT2D eigenvalue weighted by Crippen LogP contribution is -2.12. The van der Waals surface area contributed by atoms with Gasteiger partial charge in [-0.05, 0) is 18.2 Å². The second-order valence-electron chi connectivity index (χ2n) is 2.35. The zero-order valence-electron chi connectivity index (χ0n) is 6.40. The van der Waals surface area contributed by atoms with E-state index < -0.39 is 15.8 Å². The summed E-state index contributed by atoms with van der Waals surface area (Å²) in [5, 5.41) is 4.73. The van der Waals surface area contributed by atoms with Gasteiger partial charge in [-0.3, -0.25) is 4.79 Å². The molecule has 1 aromatic rings. The summed E-state index contributed by atoms with van der Waals surface area (Å²) >= 11 is 0. The Labute approximate surface area is 74.2 Å². The van der Waals surface area contributed by atoms with Gasteiger partial charge in [0.05, 0.1) is 10.5 Å². The van der Waals surface area contributed by atoms with Crippen LogP contribution in [-0.4, -0.2) is 14.7 Å². The Morgan fingerprint density at radius 3 is 2.38 bits per heavy atom. The Balaban J connectivity index is 3.34. The molecule has 0 heterocycles. The van der Waals surface area contributed by atoms with Gasteiger partial charge in [-0.15, -0.1) is 0 Å². The fourth-order valence-corrected chi connectivity index (χ4v) is 1.31. The van der Waals surface area contributed by atoms with Crippen LogP contribution in [0.15, 0.2) is 23.1 Å². The first-order valence-corrected chi connectivity index (χ1v) is 4.77. The highest BCUT2D eigenvalue weighted by Gasteiger charge is 2.10. The third-order valence-electron chi connectivity index (χ3n) is 1.43. The number of halogens is 1. The number of carbonyl (C=O) groups is 1. The maximum Gasteiger partial charge on any atom is 0.238 e. The van der Waals surface area contributed by atoms with Crippen LogP contribution < -0.4 is 5.14 Å². The van der Waals surface area contributed by atoms with Gasteiger partial charge in [0.1, 0.15) is 5.82 Å². The Morgan fingerprint density at radius 2 is 2.00 bits per heavy atom. The van der Waals surface area contributed by atoms with Crippen molar-refractivity contribution in [2.75, 3.05) is 0 Å². The molecule has 70 valence electrons. The van der Waals surface area contributed by atoms with Gasteiger partial charge in [-0.1, -0.05) is 0 Å². The summed E-state index contributed by atoms with van der Waals surface area (Å²) in [6.45, 7) is 0. The first kappa shape index (κ1) is 9.82. The van der Waals surface area contributed by atoms with Gasteiger partial charge >= 0.3 is 0 Å². The first-order chi connectivity index (χ1) is 5.95. The van der Waals surface area contributed by atoms with E-state index in [1.807, 2.05) is 0 Å². The third kappa shape index (κ3) is 2.10. The second kappa shape index (κ2) is 3.23. The lowest BCUT2D eigenvalue weighted by Gasteiger charge is -1.98. The smallest absolute Gasteiger partial charge is 0.238 e. The predicted octanol–water partition coefficient (Wildman–Crippen LogP) is 0.286. The van der Waals surface area contributed by atoms with Crippen LogP contribution in [-0.2, 0) is 10.0 Å². The molecule has 0 amide bonds. The fraction of sp³-hybridized carbons (Fsp3) is 0. The van der Waals surface area contributed by atoms with Crippen molar-refractivity contribution in [2.45, 2.75) is 4.90 Å². The van der Waals surface area contributed by atoms with Crippen LogP contribution in [0.2, 0.25) is 0 Å². The van der Waals surface area contributed by atoms with Crippen LogP contribution in [0.4, 0.5) is 4.39 Å². The molecule has 1 aromatic carbocycles. The molecular formula is C7H6FNO3S. The highest BCUT2D eigenvalue weighted by Crippen LogP contribution is 2.11. The van der Waals surface area contributed by atoms with Gasteiger partial charge in [-0.25, -0.2) is 17.9 Å². The lowest BCUT2D eigenvalue weighted by molar-refractivity contribution is 0.111. The molecule has 0 aliphatic heterocycles. The Bertz CT molecular complexity index is 441. The summed E-state index contributed by atoms with van der Waals surface area (Å²) in [6, 6.07) is 2.84. The molecule has 0 unspecified atom stereocenters. The monoisotopic (exact) mass is 203 g/mol. The minimum Gasteiger partial charge on any atom is -0.298 e. The Kier molecular flexibility index (Phi) is 2.44. The molecule has 0 aliphatic rings. The molecule has 0 atom stereocenters. The number of rotatable bonds is 2. The highest BCUT2D eigenvalue weighted by molar-refractivity contribution is 7.89. The number of nitrogens with two attached hydrogens (primary N) is 1. The molecule has 0 aromatic heterocycles. The van der Waals surface area contributed by atoms with Crippen molar-refractivity contribution in [2.24, 2.45) is 5.14 Å². The van der Waals surface area contributed by atoms with Crippen LogP contribution in [0.1, 0.15) is 10.4 Å². The van der Waals surface area contributed by atoms with E-state index >= 15 is 0 Å². The number of hydrogen-bond donors (Lipinski definition) is 1. The molecule has 0 aliphatic carbocycles. The molecule has 2 N–H and O–H groups in total. The largest absolute Gasteiger partial charge is 0.298 e. The molecule has 0 saturated heterocycles. The third-order valence-corrected chi connectivity index (χ3v) is 2.34. The van der Waals surface area contributed by atoms with Crippen LogP contribution >= 0.6 is 0 Å². The zero-order valence-corrected chi connectivity index (χ0v) is 7.21. The summed E-state index contributed by atoms with van der Waals surface area (Å²) in [6.07, 6.45) is 0.294. The van der Waals surface area contributed by atoms with E-state index in [2.05, 4.69) is 0 Å². The van der Waals surface area contributed by atoms with Crippen LogP contribution in [0.3, 0.4) is 0 Å². The summed E-state index contributed by atoms with van der Waals surface area (Å²) in [7, 11) is -3.91. The predicted molar refractivity (Wildman–Crippen MR) is 43.2 cm³/mol. The highest BCUT2D eigenvalue weighted by atomic mass is 32.2. The molecule has 0 radical (unpaired) electrons. The van der Waals surface area contributed by atoms with E-state index in [0.29, 0.717) is 12.4 Å². The molecule has 0 spiro atoms. The number of carbonyl (C=O) groups excluding carboxylic acids is 1. The summed E-state index contributed by atoms with van der Waals surface area (Å²) in [5.74, 6) is -0.901. The average Bonchev–Trinajstić information content (AvgIpc) is 2.02. The number of benzene rings is 1. The van der Waals surface area contributed by atoms with Crippen molar-refractivity contribution < 1.29 is 17.6 Å². The van der Waals surface area contributed by atoms with E-state index in [1.165, 1.54) is 0 Å². The number of aldehydes is 1. The molecule has 0 fully saturated rings. The van der Waals surface area contributed by atoms with Gasteiger partial charge in [0.15, 0.2) is 6.29 Å². The molecule has 4 nitrogen and oxygen atoms in total. The van der Waals surface area contributed by atoms with Gasteiger partial charge in [0.2, 0.25) is 10.0 Å². The summed E-state index contributed by atoms with van der Waals surface area (Å²) in [4.78, 5) is 9.82. The normalized spacial score (nSPS) is 11.2. The SMILES string of the molecule is NS(=O)(=O)c1ccc(C=O)c(F)c1. The molecule has 6 heteroatoms.